The molecule has 3 nitrogen and oxygen atoms in total. The lowest BCUT2D eigenvalue weighted by atomic mass is 10.2. The number of hydrogen-bond acceptors (Lipinski definition) is 3. The Morgan fingerprint density at radius 2 is 2.22 bits per heavy atom. The molecule has 0 saturated carbocycles. The highest BCUT2D eigenvalue weighted by molar-refractivity contribution is 9.10. The van der Waals surface area contributed by atoms with Crippen molar-refractivity contribution < 1.29 is 0 Å². The van der Waals surface area contributed by atoms with Gasteiger partial charge in [0.15, 0.2) is 0 Å². The summed E-state index contributed by atoms with van der Waals surface area (Å²) in [5, 5.41) is 12.3. The van der Waals surface area contributed by atoms with Gasteiger partial charge in [-0.3, -0.25) is 4.98 Å². The van der Waals surface area contributed by atoms with Crippen LogP contribution in [0.25, 0.3) is 0 Å². The van der Waals surface area contributed by atoms with E-state index in [1.807, 2.05) is 31.2 Å². The molecule has 1 aromatic carbocycles. The highest BCUT2D eigenvalue weighted by atomic mass is 79.9. The lowest BCUT2D eigenvalue weighted by molar-refractivity contribution is 1.02. The van der Waals surface area contributed by atoms with Crippen molar-refractivity contribution in [1.29, 1.82) is 5.26 Å². The van der Waals surface area contributed by atoms with Crippen molar-refractivity contribution in [2.45, 2.75) is 13.5 Å². The zero-order valence-corrected chi connectivity index (χ0v) is 11.5. The van der Waals surface area contributed by atoms with Crippen molar-refractivity contribution in [3.63, 3.8) is 0 Å². The van der Waals surface area contributed by atoms with Crippen molar-refractivity contribution in [1.82, 2.24) is 4.98 Å². The first-order valence-corrected chi connectivity index (χ1v) is 6.34. The summed E-state index contributed by atoms with van der Waals surface area (Å²) in [6.45, 7) is 2.64. The number of nitrogens with zero attached hydrogens (tertiary/aromatic N) is 2. The molecule has 0 atom stereocenters. The maximum atomic E-state index is 9.07. The average Bonchev–Trinajstić information content (AvgIpc) is 2.39. The molecule has 2 aromatic rings. The number of nitriles is 1. The number of aromatic nitrogens is 1. The lowest BCUT2D eigenvalue weighted by Crippen LogP contribution is -2.04. The van der Waals surface area contributed by atoms with Gasteiger partial charge in [-0.05, 0) is 36.8 Å². The topological polar surface area (TPSA) is 48.7 Å². The van der Waals surface area contributed by atoms with Crippen LogP contribution in [0.1, 0.15) is 16.8 Å². The smallest absolute Gasteiger partial charge is 0.101 e. The Balaban J connectivity index is 2.16. The van der Waals surface area contributed by atoms with Gasteiger partial charge in [0.25, 0.3) is 0 Å². The number of pyridine rings is 1. The van der Waals surface area contributed by atoms with Crippen LogP contribution < -0.4 is 5.32 Å². The highest BCUT2D eigenvalue weighted by Crippen LogP contribution is 2.21. The Morgan fingerprint density at radius 1 is 1.39 bits per heavy atom. The monoisotopic (exact) mass is 301 g/mol. The Morgan fingerprint density at radius 3 is 2.94 bits per heavy atom. The second-order valence-electron chi connectivity index (χ2n) is 3.92. The molecule has 90 valence electrons. The van der Waals surface area contributed by atoms with Crippen LogP contribution in [-0.2, 0) is 6.54 Å². The predicted molar refractivity (Wildman–Crippen MR) is 75.2 cm³/mol. The third kappa shape index (κ3) is 2.88. The minimum atomic E-state index is 0.614. The molecule has 1 N–H and O–H groups in total. The zero-order chi connectivity index (χ0) is 13.0. The second kappa shape index (κ2) is 5.65. The van der Waals surface area contributed by atoms with Crippen molar-refractivity contribution >= 4 is 21.6 Å². The Bertz CT molecular complexity index is 602. The van der Waals surface area contributed by atoms with Crippen molar-refractivity contribution in [2.24, 2.45) is 0 Å². The van der Waals surface area contributed by atoms with Gasteiger partial charge in [-0.15, -0.1) is 0 Å². The molecule has 18 heavy (non-hydrogen) atoms. The number of halogens is 1. The second-order valence-corrected chi connectivity index (χ2v) is 4.84. The van der Waals surface area contributed by atoms with Crippen LogP contribution in [0.15, 0.2) is 41.0 Å². The molecule has 0 aliphatic heterocycles. The normalized spacial score (nSPS) is 9.83. The summed E-state index contributed by atoms with van der Waals surface area (Å²) in [5.41, 5.74) is 3.58. The van der Waals surface area contributed by atoms with Crippen LogP contribution in [0.5, 0.6) is 0 Å². The van der Waals surface area contributed by atoms with Crippen LogP contribution in [-0.4, -0.2) is 4.98 Å². The van der Waals surface area contributed by atoms with E-state index in [1.165, 1.54) is 0 Å². The van der Waals surface area contributed by atoms with Crippen LogP contribution >= 0.6 is 15.9 Å². The van der Waals surface area contributed by atoms with E-state index in [2.05, 4.69) is 32.3 Å². The number of rotatable bonds is 3. The first-order valence-electron chi connectivity index (χ1n) is 5.54. The summed E-state index contributed by atoms with van der Waals surface area (Å²) in [7, 11) is 0. The van der Waals surface area contributed by atoms with Gasteiger partial charge in [-0.25, -0.2) is 0 Å². The van der Waals surface area contributed by atoms with Crippen LogP contribution in [0.4, 0.5) is 5.69 Å². The first kappa shape index (κ1) is 12.6. The summed E-state index contributed by atoms with van der Waals surface area (Å²) in [4.78, 5) is 4.31. The average molecular weight is 302 g/mol. The molecule has 0 spiro atoms. The third-order valence-electron chi connectivity index (χ3n) is 2.67. The number of anilines is 1. The van der Waals surface area contributed by atoms with Gasteiger partial charge in [0.2, 0.25) is 0 Å². The van der Waals surface area contributed by atoms with E-state index >= 15 is 0 Å². The van der Waals surface area contributed by atoms with Crippen LogP contribution in [0.2, 0.25) is 0 Å². The maximum absolute atomic E-state index is 9.07. The molecular weight excluding hydrogens is 290 g/mol. The van der Waals surface area contributed by atoms with Crippen molar-refractivity contribution in [3.8, 4) is 6.07 Å². The zero-order valence-electron chi connectivity index (χ0n) is 9.94. The van der Waals surface area contributed by atoms with Gasteiger partial charge in [-0.1, -0.05) is 22.0 Å². The largest absolute Gasteiger partial charge is 0.378 e. The number of benzene rings is 1. The minimum absolute atomic E-state index is 0.614. The van der Waals surface area contributed by atoms with Gasteiger partial charge in [0.1, 0.15) is 6.07 Å². The highest BCUT2D eigenvalue weighted by Gasteiger charge is 2.04. The molecule has 0 fully saturated rings. The predicted octanol–water partition coefficient (Wildman–Crippen LogP) is 3.64. The SMILES string of the molecule is Cc1cccnc1CNc1ccc(Br)cc1C#N. The lowest BCUT2D eigenvalue weighted by Gasteiger charge is -2.09. The summed E-state index contributed by atoms with van der Waals surface area (Å²) in [5.74, 6) is 0. The van der Waals surface area contributed by atoms with Gasteiger partial charge < -0.3 is 5.32 Å². The van der Waals surface area contributed by atoms with Gasteiger partial charge in [0.05, 0.1) is 23.5 Å². The molecule has 0 unspecified atom stereocenters. The molecule has 0 amide bonds. The summed E-state index contributed by atoms with van der Waals surface area (Å²) in [6.07, 6.45) is 1.77. The number of aryl methyl sites for hydroxylation is 1. The van der Waals surface area contributed by atoms with E-state index in [9.17, 15) is 0 Å². The minimum Gasteiger partial charge on any atom is -0.378 e. The maximum Gasteiger partial charge on any atom is 0.101 e. The van der Waals surface area contributed by atoms with E-state index in [4.69, 9.17) is 5.26 Å². The standard InChI is InChI=1S/C14H12BrN3/c1-10-3-2-6-17-14(10)9-18-13-5-4-12(15)7-11(13)8-16/h2-7,18H,9H2,1H3. The molecule has 0 saturated heterocycles. The Kier molecular flexibility index (Phi) is 3.96. The molecule has 0 radical (unpaired) electrons. The van der Waals surface area contributed by atoms with E-state index < -0.39 is 0 Å². The van der Waals surface area contributed by atoms with Crippen LogP contribution in [0, 0.1) is 18.3 Å². The van der Waals surface area contributed by atoms with Crippen LogP contribution in [0.3, 0.4) is 0 Å². The van der Waals surface area contributed by atoms with E-state index in [0.717, 1.165) is 21.4 Å². The fraction of sp³-hybridized carbons (Fsp3) is 0.143. The van der Waals surface area contributed by atoms with E-state index in [1.54, 1.807) is 12.3 Å². The quantitative estimate of drug-likeness (QED) is 0.941. The van der Waals surface area contributed by atoms with Gasteiger partial charge >= 0.3 is 0 Å². The summed E-state index contributed by atoms with van der Waals surface area (Å²) < 4.78 is 0.901. The van der Waals surface area contributed by atoms with E-state index in [-0.39, 0.29) is 0 Å². The molecular formula is C14H12BrN3. The summed E-state index contributed by atoms with van der Waals surface area (Å²) >= 11 is 3.35. The van der Waals surface area contributed by atoms with Crippen molar-refractivity contribution in [2.75, 3.05) is 5.32 Å². The fourth-order valence-corrected chi connectivity index (χ4v) is 2.01. The van der Waals surface area contributed by atoms with Gasteiger partial charge in [0, 0.05) is 10.7 Å². The molecule has 1 aromatic heterocycles. The molecule has 0 bridgehead atoms. The Labute approximate surface area is 115 Å². The number of nitrogens with one attached hydrogen (secondary N) is 1. The van der Waals surface area contributed by atoms with Gasteiger partial charge in [-0.2, -0.15) is 5.26 Å². The molecule has 0 aliphatic carbocycles. The van der Waals surface area contributed by atoms with E-state index in [0.29, 0.717) is 12.1 Å². The Hall–Kier alpha value is -1.86. The van der Waals surface area contributed by atoms with Crippen molar-refractivity contribution in [3.05, 3.63) is 57.8 Å². The third-order valence-corrected chi connectivity index (χ3v) is 3.16. The first-order chi connectivity index (χ1) is 8.70. The molecule has 1 heterocycles. The fourth-order valence-electron chi connectivity index (χ4n) is 1.65. The molecule has 2 rings (SSSR count). The summed E-state index contributed by atoms with van der Waals surface area (Å²) in [6, 6.07) is 11.7. The number of hydrogen-bond donors (Lipinski definition) is 1. The molecule has 4 heteroatoms. The molecule has 0 aliphatic rings.